The molecule has 1 heterocycles. The van der Waals surface area contributed by atoms with Gasteiger partial charge in [0.05, 0.1) is 10.7 Å². The SMILES string of the molecule is Cc1nc(C2CCCC2)sc1C(=O)NCC(C)CN.Cl.Cl. The van der Waals surface area contributed by atoms with Crippen molar-refractivity contribution >= 4 is 42.1 Å². The van der Waals surface area contributed by atoms with Gasteiger partial charge in [-0.2, -0.15) is 0 Å². The van der Waals surface area contributed by atoms with Crippen LogP contribution in [0.4, 0.5) is 0 Å². The lowest BCUT2D eigenvalue weighted by molar-refractivity contribution is 0.0952. The van der Waals surface area contributed by atoms with Crippen molar-refractivity contribution in [2.24, 2.45) is 11.7 Å². The smallest absolute Gasteiger partial charge is 0.263 e. The number of nitrogens with zero attached hydrogens (tertiary/aromatic N) is 1. The van der Waals surface area contributed by atoms with Crippen LogP contribution in [0, 0.1) is 12.8 Å². The van der Waals surface area contributed by atoms with Gasteiger partial charge in [-0.15, -0.1) is 36.2 Å². The number of carbonyl (C=O) groups excluding carboxylic acids is 1. The Bertz CT molecular complexity index is 447. The number of rotatable bonds is 5. The van der Waals surface area contributed by atoms with Crippen LogP contribution < -0.4 is 11.1 Å². The van der Waals surface area contributed by atoms with Crippen molar-refractivity contribution in [2.45, 2.75) is 45.4 Å². The van der Waals surface area contributed by atoms with Crippen LogP contribution in [0.5, 0.6) is 0 Å². The normalized spacial score (nSPS) is 16.0. The molecule has 4 nitrogen and oxygen atoms in total. The topological polar surface area (TPSA) is 68.0 Å². The molecule has 0 bridgehead atoms. The van der Waals surface area contributed by atoms with Crippen LogP contribution in [0.3, 0.4) is 0 Å². The van der Waals surface area contributed by atoms with E-state index in [2.05, 4.69) is 10.3 Å². The van der Waals surface area contributed by atoms with Crippen LogP contribution in [0.1, 0.15) is 58.9 Å². The molecule has 1 aromatic heterocycles. The molecule has 7 heteroatoms. The van der Waals surface area contributed by atoms with Gasteiger partial charge in [0.2, 0.25) is 0 Å². The van der Waals surface area contributed by atoms with Crippen LogP contribution in [-0.4, -0.2) is 24.0 Å². The zero-order valence-electron chi connectivity index (χ0n) is 12.6. The van der Waals surface area contributed by atoms with Crippen molar-refractivity contribution in [3.63, 3.8) is 0 Å². The van der Waals surface area contributed by atoms with Gasteiger partial charge in [0.25, 0.3) is 5.91 Å². The third-order valence-corrected chi connectivity index (χ3v) is 5.06. The maximum absolute atomic E-state index is 12.1. The number of halogens is 2. The number of carbonyl (C=O) groups is 1. The fraction of sp³-hybridized carbons (Fsp3) is 0.714. The van der Waals surface area contributed by atoms with Crippen LogP contribution in [0.2, 0.25) is 0 Å². The van der Waals surface area contributed by atoms with E-state index in [1.165, 1.54) is 25.7 Å². The quantitative estimate of drug-likeness (QED) is 0.853. The van der Waals surface area contributed by atoms with E-state index in [9.17, 15) is 4.79 Å². The lowest BCUT2D eigenvalue weighted by atomic mass is 10.1. The summed E-state index contributed by atoms with van der Waals surface area (Å²) in [7, 11) is 0. The summed E-state index contributed by atoms with van der Waals surface area (Å²) < 4.78 is 0. The van der Waals surface area contributed by atoms with Crippen molar-refractivity contribution in [3.05, 3.63) is 15.6 Å². The Labute approximate surface area is 143 Å². The lowest BCUT2D eigenvalue weighted by Crippen LogP contribution is -2.31. The number of amides is 1. The molecule has 122 valence electrons. The first kappa shape index (κ1) is 20.6. The maximum atomic E-state index is 12.1. The second kappa shape index (κ2) is 9.62. The van der Waals surface area contributed by atoms with Crippen LogP contribution in [0.25, 0.3) is 0 Å². The van der Waals surface area contributed by atoms with E-state index in [0.29, 0.717) is 24.9 Å². The van der Waals surface area contributed by atoms with Crippen LogP contribution in [0.15, 0.2) is 0 Å². The first-order chi connectivity index (χ1) is 9.11. The fourth-order valence-corrected chi connectivity index (χ4v) is 3.56. The third kappa shape index (κ3) is 5.40. The molecule has 0 spiro atoms. The molecule has 3 N–H and O–H groups in total. The zero-order chi connectivity index (χ0) is 13.8. The summed E-state index contributed by atoms with van der Waals surface area (Å²) in [6, 6.07) is 0. The van der Waals surface area contributed by atoms with Gasteiger partial charge in [0.15, 0.2) is 0 Å². The zero-order valence-corrected chi connectivity index (χ0v) is 15.0. The van der Waals surface area contributed by atoms with Crippen molar-refractivity contribution < 1.29 is 4.79 Å². The van der Waals surface area contributed by atoms with E-state index < -0.39 is 0 Å². The highest BCUT2D eigenvalue weighted by atomic mass is 35.5. The van der Waals surface area contributed by atoms with Crippen LogP contribution in [-0.2, 0) is 0 Å². The van der Waals surface area contributed by atoms with E-state index in [1.54, 1.807) is 11.3 Å². The first-order valence-corrected chi connectivity index (χ1v) is 7.89. The molecule has 0 saturated heterocycles. The minimum atomic E-state index is -0.000420. The number of hydrogen-bond acceptors (Lipinski definition) is 4. The van der Waals surface area contributed by atoms with Gasteiger partial charge in [-0.3, -0.25) is 4.79 Å². The minimum absolute atomic E-state index is 0. The molecule has 1 aliphatic carbocycles. The average Bonchev–Trinajstić information content (AvgIpc) is 3.04. The highest BCUT2D eigenvalue weighted by Gasteiger charge is 2.23. The Kier molecular flexibility index (Phi) is 9.45. The molecule has 21 heavy (non-hydrogen) atoms. The second-order valence-electron chi connectivity index (χ2n) is 5.50. The third-order valence-electron chi connectivity index (χ3n) is 3.74. The highest BCUT2D eigenvalue weighted by Crippen LogP contribution is 2.37. The molecule has 1 unspecified atom stereocenters. The Morgan fingerprint density at radius 2 is 2.05 bits per heavy atom. The number of nitrogens with two attached hydrogens (primary N) is 1. The summed E-state index contributed by atoms with van der Waals surface area (Å²) in [5.41, 5.74) is 6.42. The molecule has 0 aromatic carbocycles. The van der Waals surface area contributed by atoms with E-state index >= 15 is 0 Å². The Balaban J connectivity index is 0.00000200. The minimum Gasteiger partial charge on any atom is -0.351 e. The van der Waals surface area contributed by atoms with Gasteiger partial charge in [-0.25, -0.2) is 4.98 Å². The standard InChI is InChI=1S/C14H23N3OS.2ClH/c1-9(7-15)8-16-13(18)12-10(2)17-14(19-12)11-5-3-4-6-11;;/h9,11H,3-8,15H2,1-2H3,(H,16,18);2*1H. The molecule has 1 atom stereocenters. The molecular weight excluding hydrogens is 329 g/mol. The van der Waals surface area contributed by atoms with Crippen molar-refractivity contribution in [2.75, 3.05) is 13.1 Å². The van der Waals surface area contributed by atoms with E-state index in [1.807, 2.05) is 13.8 Å². The van der Waals surface area contributed by atoms with E-state index in [-0.39, 0.29) is 30.7 Å². The Morgan fingerprint density at radius 3 is 2.62 bits per heavy atom. The molecule has 1 aliphatic rings. The fourth-order valence-electron chi connectivity index (χ4n) is 2.41. The summed E-state index contributed by atoms with van der Waals surface area (Å²) in [6.45, 7) is 5.18. The summed E-state index contributed by atoms with van der Waals surface area (Å²) in [5, 5.41) is 4.09. The van der Waals surface area contributed by atoms with Gasteiger partial charge in [0.1, 0.15) is 4.88 Å². The maximum Gasteiger partial charge on any atom is 0.263 e. The van der Waals surface area contributed by atoms with Crippen LogP contribution >= 0.6 is 36.2 Å². The van der Waals surface area contributed by atoms with Gasteiger partial charge < -0.3 is 11.1 Å². The monoisotopic (exact) mass is 353 g/mol. The largest absolute Gasteiger partial charge is 0.351 e. The second-order valence-corrected chi connectivity index (χ2v) is 6.53. The summed E-state index contributed by atoms with van der Waals surface area (Å²) in [5.74, 6) is 0.888. The highest BCUT2D eigenvalue weighted by molar-refractivity contribution is 7.13. The lowest BCUT2D eigenvalue weighted by Gasteiger charge is -2.09. The van der Waals surface area contributed by atoms with Crippen molar-refractivity contribution in [1.82, 2.24) is 10.3 Å². The first-order valence-electron chi connectivity index (χ1n) is 7.07. The Hall–Kier alpha value is -0.360. The number of aromatic nitrogens is 1. The number of hydrogen-bond donors (Lipinski definition) is 2. The van der Waals surface area contributed by atoms with E-state index in [4.69, 9.17) is 5.73 Å². The summed E-state index contributed by atoms with van der Waals surface area (Å²) >= 11 is 1.57. The van der Waals surface area contributed by atoms with E-state index in [0.717, 1.165) is 15.6 Å². The molecule has 0 radical (unpaired) electrons. The van der Waals surface area contributed by atoms with Gasteiger partial charge in [-0.05, 0) is 32.2 Å². The summed E-state index contributed by atoms with van der Waals surface area (Å²) in [4.78, 5) is 17.5. The number of thiazole rings is 1. The molecular formula is C14H25Cl2N3OS. The summed E-state index contributed by atoms with van der Waals surface area (Å²) in [6.07, 6.45) is 5.02. The molecule has 1 aromatic rings. The predicted octanol–water partition coefficient (Wildman–Crippen LogP) is 3.28. The van der Waals surface area contributed by atoms with Gasteiger partial charge >= 0.3 is 0 Å². The van der Waals surface area contributed by atoms with Gasteiger partial charge in [-0.1, -0.05) is 19.8 Å². The molecule has 0 aliphatic heterocycles. The van der Waals surface area contributed by atoms with Crippen molar-refractivity contribution in [3.8, 4) is 0 Å². The molecule has 1 fully saturated rings. The molecule has 1 amide bonds. The molecule has 2 rings (SSSR count). The Morgan fingerprint density at radius 1 is 1.43 bits per heavy atom. The number of aryl methyl sites for hydroxylation is 1. The molecule has 1 saturated carbocycles. The average molecular weight is 354 g/mol. The van der Waals surface area contributed by atoms with Crippen molar-refractivity contribution in [1.29, 1.82) is 0 Å². The predicted molar refractivity (Wildman–Crippen MR) is 93.1 cm³/mol. The van der Waals surface area contributed by atoms with Gasteiger partial charge in [0, 0.05) is 12.5 Å². The number of nitrogens with one attached hydrogen (secondary N) is 1.